The van der Waals surface area contributed by atoms with Crippen LogP contribution in [-0.2, 0) is 32.0 Å². The molecule has 2 aliphatic carbocycles. The Bertz CT molecular complexity index is 1360. The Labute approximate surface area is 242 Å². The number of rotatable bonds is 10. The fourth-order valence-corrected chi connectivity index (χ4v) is 8.18. The van der Waals surface area contributed by atoms with Gasteiger partial charge in [-0.15, -0.1) is 0 Å². The number of ether oxygens (including phenoxy) is 3. The van der Waals surface area contributed by atoms with E-state index in [1.807, 2.05) is 60.7 Å². The Kier molecular flexibility index (Phi) is 7.62. The second kappa shape index (κ2) is 11.2. The van der Waals surface area contributed by atoms with E-state index >= 15 is 0 Å². The zero-order chi connectivity index (χ0) is 28.7. The molecule has 0 radical (unpaired) electrons. The fourth-order valence-electron chi connectivity index (χ4n) is 8.18. The Hall–Kier alpha value is -3.25. The van der Waals surface area contributed by atoms with Gasteiger partial charge < -0.3 is 14.2 Å². The van der Waals surface area contributed by atoms with Crippen molar-refractivity contribution in [3.05, 3.63) is 71.8 Å². The minimum absolute atomic E-state index is 0.0151. The van der Waals surface area contributed by atoms with E-state index in [-0.39, 0.29) is 23.8 Å². The summed E-state index contributed by atoms with van der Waals surface area (Å²) in [6.07, 6.45) is 9.01. The van der Waals surface area contributed by atoms with E-state index in [1.54, 1.807) is 14.2 Å². The van der Waals surface area contributed by atoms with Crippen LogP contribution in [0.2, 0.25) is 0 Å². The molecule has 8 atom stereocenters. The molecule has 2 bridgehead atoms. The Morgan fingerprint density at radius 1 is 0.951 bits per heavy atom. The van der Waals surface area contributed by atoms with Crippen molar-refractivity contribution in [2.75, 3.05) is 14.2 Å². The van der Waals surface area contributed by atoms with Gasteiger partial charge in [0.15, 0.2) is 0 Å². The molecule has 4 aliphatic rings. The molecule has 1 spiro atoms. The third kappa shape index (κ3) is 4.94. The molecule has 0 amide bonds. The van der Waals surface area contributed by atoms with Gasteiger partial charge in [0.25, 0.3) is 0 Å². The quantitative estimate of drug-likeness (QED) is 0.355. The van der Waals surface area contributed by atoms with E-state index in [0.29, 0.717) is 36.2 Å². The van der Waals surface area contributed by atoms with Crippen LogP contribution in [0.4, 0.5) is 0 Å². The summed E-state index contributed by atoms with van der Waals surface area (Å²) < 4.78 is 17.4. The highest BCUT2D eigenvalue weighted by atomic mass is 16.5. The summed E-state index contributed by atoms with van der Waals surface area (Å²) in [5, 5.41) is 0. The number of fused-ring (bicyclic) bond motifs is 1. The van der Waals surface area contributed by atoms with Crippen LogP contribution >= 0.6 is 0 Å². The second-order valence-corrected chi connectivity index (χ2v) is 12.5. The maximum absolute atomic E-state index is 14.4. The normalized spacial score (nSPS) is 33.5. The van der Waals surface area contributed by atoms with Gasteiger partial charge in [-0.2, -0.15) is 0 Å². The van der Waals surface area contributed by atoms with E-state index in [0.717, 1.165) is 30.4 Å². The van der Waals surface area contributed by atoms with Crippen LogP contribution in [0.1, 0.15) is 50.2 Å². The molecule has 0 N–H and O–H groups in total. The standard InChI is InChI=1S/C35H40O6/c1-21-8-4-5-11-24(21)20-29(37)32-27(18-22-9-6-12-25(16-22)39-2)34(38)33-31(30-14-15-35(32,33)41-30)28(36)19-23-10-7-13-26(17-23)40-3/h6-7,9-10,12-17,21,24,27,30-33H,4-5,8,11,18-20H2,1-3H3. The monoisotopic (exact) mass is 556 g/mol. The summed E-state index contributed by atoms with van der Waals surface area (Å²) in [5.74, 6) is -0.107. The van der Waals surface area contributed by atoms with Gasteiger partial charge in [-0.25, -0.2) is 0 Å². The minimum Gasteiger partial charge on any atom is -0.497 e. The average Bonchev–Trinajstić information content (AvgIpc) is 3.62. The third-order valence-electron chi connectivity index (χ3n) is 10.2. The molecule has 8 unspecified atom stereocenters. The largest absolute Gasteiger partial charge is 0.497 e. The van der Waals surface area contributed by atoms with E-state index in [2.05, 4.69) is 6.92 Å². The van der Waals surface area contributed by atoms with Gasteiger partial charge in [0.1, 0.15) is 34.4 Å². The molecule has 0 aromatic heterocycles. The van der Waals surface area contributed by atoms with Crippen molar-refractivity contribution in [3.8, 4) is 11.5 Å². The van der Waals surface area contributed by atoms with Gasteiger partial charge in [-0.3, -0.25) is 14.4 Å². The van der Waals surface area contributed by atoms with Gasteiger partial charge in [-0.1, -0.05) is 62.6 Å². The smallest absolute Gasteiger partial charge is 0.144 e. The van der Waals surface area contributed by atoms with Crippen molar-refractivity contribution in [2.24, 2.45) is 35.5 Å². The van der Waals surface area contributed by atoms with E-state index in [9.17, 15) is 14.4 Å². The summed E-state index contributed by atoms with van der Waals surface area (Å²) in [4.78, 5) is 42.6. The number of hydrogen-bond acceptors (Lipinski definition) is 6. The van der Waals surface area contributed by atoms with Crippen LogP contribution in [-0.4, -0.2) is 43.3 Å². The SMILES string of the molecule is COc1cccc(CC(=O)C2C3C=CC4(O3)C(C(=O)CC3CCCCC3C)C(Cc3cccc(OC)c3)C(=O)C24)c1. The molecule has 41 heavy (non-hydrogen) atoms. The summed E-state index contributed by atoms with van der Waals surface area (Å²) in [6, 6.07) is 15.2. The Balaban J connectivity index is 1.33. The van der Waals surface area contributed by atoms with E-state index in [4.69, 9.17) is 14.2 Å². The van der Waals surface area contributed by atoms with Crippen molar-refractivity contribution < 1.29 is 28.6 Å². The molecular weight excluding hydrogens is 516 g/mol. The molecule has 3 fully saturated rings. The minimum atomic E-state index is -1.05. The number of methoxy groups -OCH3 is 2. The zero-order valence-electron chi connectivity index (χ0n) is 24.2. The number of carbonyl (C=O) groups is 3. The van der Waals surface area contributed by atoms with Gasteiger partial charge in [0.2, 0.25) is 0 Å². The highest BCUT2D eigenvalue weighted by molar-refractivity contribution is 6.02. The molecule has 216 valence electrons. The first-order chi connectivity index (χ1) is 19.8. The van der Waals surface area contributed by atoms with Crippen LogP contribution in [0.5, 0.6) is 11.5 Å². The summed E-state index contributed by atoms with van der Waals surface area (Å²) in [5.41, 5.74) is 0.739. The molecule has 2 aliphatic heterocycles. The molecular formula is C35H40O6. The number of Topliss-reactive ketones (excluding diaryl/α,β-unsaturated/α-hetero) is 3. The number of ketones is 3. The predicted molar refractivity (Wildman–Crippen MR) is 155 cm³/mol. The Morgan fingerprint density at radius 2 is 1.63 bits per heavy atom. The number of benzene rings is 2. The highest BCUT2D eigenvalue weighted by Gasteiger charge is 2.72. The van der Waals surface area contributed by atoms with Crippen molar-refractivity contribution in [1.29, 1.82) is 0 Å². The number of hydrogen-bond donors (Lipinski definition) is 0. The first-order valence-corrected chi connectivity index (χ1v) is 15.1. The molecule has 1 saturated heterocycles. The lowest BCUT2D eigenvalue weighted by molar-refractivity contribution is -0.135. The van der Waals surface area contributed by atoms with E-state index < -0.39 is 35.4 Å². The van der Waals surface area contributed by atoms with Crippen LogP contribution in [0.25, 0.3) is 0 Å². The number of carbonyl (C=O) groups excluding carboxylic acids is 3. The van der Waals surface area contributed by atoms with Crippen LogP contribution in [0.15, 0.2) is 60.7 Å². The van der Waals surface area contributed by atoms with Gasteiger partial charge in [-0.05, 0) is 60.1 Å². The van der Waals surface area contributed by atoms with Gasteiger partial charge >= 0.3 is 0 Å². The second-order valence-electron chi connectivity index (χ2n) is 12.5. The fraction of sp³-hybridized carbons (Fsp3) is 0.514. The molecule has 6 heteroatoms. The van der Waals surface area contributed by atoms with Crippen molar-refractivity contribution >= 4 is 17.3 Å². The molecule has 6 nitrogen and oxygen atoms in total. The summed E-state index contributed by atoms with van der Waals surface area (Å²) in [7, 11) is 3.22. The first-order valence-electron chi connectivity index (χ1n) is 15.1. The lowest BCUT2D eigenvalue weighted by Gasteiger charge is -2.34. The highest BCUT2D eigenvalue weighted by Crippen LogP contribution is 2.60. The zero-order valence-corrected chi connectivity index (χ0v) is 24.2. The third-order valence-corrected chi connectivity index (χ3v) is 10.2. The lowest BCUT2D eigenvalue weighted by atomic mass is 9.69. The van der Waals surface area contributed by atoms with Gasteiger partial charge in [0, 0.05) is 18.8 Å². The summed E-state index contributed by atoms with van der Waals surface area (Å²) in [6.45, 7) is 2.25. The first kappa shape index (κ1) is 27.9. The molecule has 2 saturated carbocycles. The van der Waals surface area contributed by atoms with Crippen molar-refractivity contribution in [2.45, 2.75) is 63.6 Å². The molecule has 2 aromatic rings. The molecule has 2 heterocycles. The van der Waals surface area contributed by atoms with Crippen molar-refractivity contribution in [1.82, 2.24) is 0 Å². The summed E-state index contributed by atoms with van der Waals surface area (Å²) >= 11 is 0. The van der Waals surface area contributed by atoms with Crippen LogP contribution < -0.4 is 9.47 Å². The Morgan fingerprint density at radius 3 is 2.34 bits per heavy atom. The van der Waals surface area contributed by atoms with Crippen molar-refractivity contribution in [3.63, 3.8) is 0 Å². The predicted octanol–water partition coefficient (Wildman–Crippen LogP) is 5.60. The van der Waals surface area contributed by atoms with Crippen LogP contribution in [0.3, 0.4) is 0 Å². The van der Waals surface area contributed by atoms with E-state index in [1.165, 1.54) is 6.42 Å². The van der Waals surface area contributed by atoms with Crippen LogP contribution in [0, 0.1) is 35.5 Å². The average molecular weight is 557 g/mol. The van der Waals surface area contributed by atoms with Gasteiger partial charge in [0.05, 0.1) is 38.1 Å². The molecule has 6 rings (SSSR count). The maximum Gasteiger partial charge on any atom is 0.144 e. The molecule has 2 aromatic carbocycles. The lowest BCUT2D eigenvalue weighted by Crippen LogP contribution is -2.44. The maximum atomic E-state index is 14.4. The topological polar surface area (TPSA) is 78.9 Å².